The third kappa shape index (κ3) is 4.69. The second kappa shape index (κ2) is 8.77. The van der Waals surface area contributed by atoms with Crippen molar-refractivity contribution in [2.24, 2.45) is 10.1 Å². The molecule has 0 spiro atoms. The van der Waals surface area contributed by atoms with Crippen LogP contribution in [0.15, 0.2) is 58.1 Å². The van der Waals surface area contributed by atoms with Gasteiger partial charge in [-0.2, -0.15) is 15.1 Å². The molecule has 2 aromatic carbocycles. The number of amides is 1. The summed E-state index contributed by atoms with van der Waals surface area (Å²) in [6.07, 6.45) is 1.64. The van der Waals surface area contributed by atoms with Gasteiger partial charge in [-0.25, -0.2) is 0 Å². The number of ether oxygens (including phenoxy) is 2. The summed E-state index contributed by atoms with van der Waals surface area (Å²) in [6, 6.07) is 13.4. The van der Waals surface area contributed by atoms with Crippen molar-refractivity contribution in [1.29, 1.82) is 5.41 Å². The Balaban J connectivity index is 1.35. The highest BCUT2D eigenvalue weighted by Crippen LogP contribution is 2.28. The predicted molar refractivity (Wildman–Crippen MR) is 124 cm³/mol. The van der Waals surface area contributed by atoms with Crippen LogP contribution in [-0.2, 0) is 4.79 Å². The van der Waals surface area contributed by atoms with E-state index in [0.717, 1.165) is 21.9 Å². The van der Waals surface area contributed by atoms with Crippen LogP contribution in [0, 0.1) is 19.3 Å². The number of rotatable bonds is 6. The zero-order valence-electron chi connectivity index (χ0n) is 17.5. The number of carbonyl (C=O) groups is 1. The van der Waals surface area contributed by atoms with Crippen LogP contribution in [0.5, 0.6) is 11.5 Å². The average Bonchev–Trinajstić information content (AvgIpc) is 3.11. The van der Waals surface area contributed by atoms with Gasteiger partial charge < -0.3 is 9.47 Å². The summed E-state index contributed by atoms with van der Waals surface area (Å²) in [6.45, 7) is 6.75. The molecule has 2 aliphatic heterocycles. The van der Waals surface area contributed by atoms with Crippen molar-refractivity contribution in [3.05, 3.63) is 64.7 Å². The molecule has 0 saturated carbocycles. The monoisotopic (exact) mass is 434 g/mol. The Kier molecular flexibility index (Phi) is 5.90. The molecule has 2 aromatic rings. The fraction of sp³-hybridized carbons (Fsp3) is 0.217. The first-order chi connectivity index (χ1) is 14.9. The standard InChI is InChI=1S/C23H22N4O3S/c1-14-4-9-20(15(2)12-14)30-11-10-29-18-7-5-17(6-8-18)13-19-21(24)27-23(25-22(19)28)31-16(3)26-27/h4-9,12-13,24H,10-11H2,1-3H3/b19-13+,24-21?. The molecule has 1 amide bonds. The minimum atomic E-state index is -0.433. The number of thioether (sulfide) groups is 1. The van der Waals surface area contributed by atoms with Crippen molar-refractivity contribution in [2.75, 3.05) is 13.2 Å². The summed E-state index contributed by atoms with van der Waals surface area (Å²) in [7, 11) is 0. The lowest BCUT2D eigenvalue weighted by Crippen LogP contribution is -2.35. The summed E-state index contributed by atoms with van der Waals surface area (Å²) in [5.74, 6) is 1.16. The molecule has 0 bridgehead atoms. The van der Waals surface area contributed by atoms with Crippen LogP contribution in [-0.4, -0.2) is 40.2 Å². The Bertz CT molecular complexity index is 1140. The van der Waals surface area contributed by atoms with E-state index in [4.69, 9.17) is 14.9 Å². The minimum Gasteiger partial charge on any atom is -0.490 e. The van der Waals surface area contributed by atoms with E-state index in [1.807, 2.05) is 50.2 Å². The molecule has 8 heteroatoms. The maximum Gasteiger partial charge on any atom is 0.283 e. The fourth-order valence-electron chi connectivity index (χ4n) is 3.19. The molecule has 0 fully saturated rings. The lowest BCUT2D eigenvalue weighted by atomic mass is 10.1. The number of benzene rings is 2. The van der Waals surface area contributed by atoms with Gasteiger partial charge in [-0.15, -0.1) is 0 Å². The number of hydrogen-bond donors (Lipinski definition) is 1. The van der Waals surface area contributed by atoms with Gasteiger partial charge in [-0.3, -0.25) is 10.2 Å². The molecule has 2 heterocycles. The van der Waals surface area contributed by atoms with Crippen molar-refractivity contribution in [2.45, 2.75) is 20.8 Å². The molecule has 0 radical (unpaired) electrons. The first-order valence-corrected chi connectivity index (χ1v) is 10.6. The molecule has 0 saturated heterocycles. The Morgan fingerprint density at radius 2 is 1.81 bits per heavy atom. The Labute approximate surface area is 185 Å². The van der Waals surface area contributed by atoms with Gasteiger partial charge in [0.25, 0.3) is 5.91 Å². The number of hydrogen-bond acceptors (Lipinski definition) is 6. The van der Waals surface area contributed by atoms with E-state index in [1.54, 1.807) is 6.08 Å². The Hall–Kier alpha value is -3.39. The van der Waals surface area contributed by atoms with Crippen molar-refractivity contribution >= 4 is 39.8 Å². The van der Waals surface area contributed by atoms with Crippen LogP contribution in [0.2, 0.25) is 0 Å². The molecule has 0 unspecified atom stereocenters. The van der Waals surface area contributed by atoms with Gasteiger partial charge in [0.05, 0.1) is 10.6 Å². The number of aryl methyl sites for hydroxylation is 2. The van der Waals surface area contributed by atoms with E-state index in [0.29, 0.717) is 24.1 Å². The van der Waals surface area contributed by atoms with Gasteiger partial charge in [0.15, 0.2) is 5.84 Å². The van der Waals surface area contributed by atoms with Crippen molar-refractivity contribution in [1.82, 2.24) is 5.01 Å². The Morgan fingerprint density at radius 3 is 2.55 bits per heavy atom. The SMILES string of the molecule is CC1=NN2C(=N)/C(=C\c3ccc(OCCOc4ccc(C)cc4C)cc3)C(=O)N=C2S1. The fourth-order valence-corrected chi connectivity index (χ4v) is 3.92. The van der Waals surface area contributed by atoms with Crippen LogP contribution in [0.1, 0.15) is 23.6 Å². The van der Waals surface area contributed by atoms with Crippen LogP contribution < -0.4 is 9.47 Å². The molecule has 4 rings (SSSR count). The maximum atomic E-state index is 12.3. The quantitative estimate of drug-likeness (QED) is 0.538. The second-order valence-corrected chi connectivity index (χ2v) is 8.33. The van der Waals surface area contributed by atoms with Gasteiger partial charge in [-0.1, -0.05) is 29.8 Å². The lowest BCUT2D eigenvalue weighted by Gasteiger charge is -2.20. The average molecular weight is 435 g/mol. The van der Waals surface area contributed by atoms with Crippen molar-refractivity contribution < 1.29 is 14.3 Å². The van der Waals surface area contributed by atoms with E-state index < -0.39 is 5.91 Å². The van der Waals surface area contributed by atoms with Crippen LogP contribution in [0.25, 0.3) is 6.08 Å². The molecule has 0 aliphatic carbocycles. The van der Waals surface area contributed by atoms with E-state index in [1.165, 1.54) is 22.3 Å². The summed E-state index contributed by atoms with van der Waals surface area (Å²) < 4.78 is 11.5. The molecule has 0 aromatic heterocycles. The Morgan fingerprint density at radius 1 is 1.06 bits per heavy atom. The second-order valence-electron chi connectivity index (χ2n) is 7.17. The molecule has 158 valence electrons. The largest absolute Gasteiger partial charge is 0.490 e. The number of nitrogens with zero attached hydrogens (tertiary/aromatic N) is 3. The number of carbonyl (C=O) groups excluding carboxylic acids is 1. The summed E-state index contributed by atoms with van der Waals surface area (Å²) >= 11 is 1.29. The highest BCUT2D eigenvalue weighted by molar-refractivity contribution is 8.26. The highest BCUT2D eigenvalue weighted by atomic mass is 32.2. The normalized spacial score (nSPS) is 16.9. The van der Waals surface area contributed by atoms with E-state index >= 15 is 0 Å². The smallest absolute Gasteiger partial charge is 0.283 e. The van der Waals surface area contributed by atoms with Crippen LogP contribution >= 0.6 is 11.8 Å². The number of nitrogens with one attached hydrogen (secondary N) is 1. The van der Waals surface area contributed by atoms with E-state index in [9.17, 15) is 4.79 Å². The van der Waals surface area contributed by atoms with Gasteiger partial charge >= 0.3 is 0 Å². The molecular formula is C23H22N4O3S. The van der Waals surface area contributed by atoms with Crippen LogP contribution in [0.4, 0.5) is 0 Å². The van der Waals surface area contributed by atoms with Crippen molar-refractivity contribution in [3.8, 4) is 11.5 Å². The van der Waals surface area contributed by atoms with Gasteiger partial charge in [-0.05, 0) is 67.9 Å². The number of aliphatic imine (C=N–C) groups is 1. The number of hydrazone groups is 1. The molecule has 2 aliphatic rings. The van der Waals surface area contributed by atoms with Crippen molar-refractivity contribution in [3.63, 3.8) is 0 Å². The molecular weight excluding hydrogens is 412 g/mol. The third-order valence-electron chi connectivity index (χ3n) is 4.69. The molecule has 0 atom stereocenters. The number of fused-ring (bicyclic) bond motifs is 1. The highest BCUT2D eigenvalue weighted by Gasteiger charge is 2.34. The molecule has 31 heavy (non-hydrogen) atoms. The zero-order valence-corrected chi connectivity index (χ0v) is 18.3. The first kappa shape index (κ1) is 20.9. The number of amidine groups is 2. The van der Waals surface area contributed by atoms with Gasteiger partial charge in [0.1, 0.15) is 24.7 Å². The lowest BCUT2D eigenvalue weighted by molar-refractivity contribution is -0.114. The third-order valence-corrected chi connectivity index (χ3v) is 5.51. The van der Waals surface area contributed by atoms with Crippen LogP contribution in [0.3, 0.4) is 0 Å². The summed E-state index contributed by atoms with van der Waals surface area (Å²) in [5.41, 5.74) is 3.29. The van der Waals surface area contributed by atoms with E-state index in [-0.39, 0.29) is 11.4 Å². The van der Waals surface area contributed by atoms with Gasteiger partial charge in [0, 0.05) is 0 Å². The predicted octanol–water partition coefficient (Wildman–Crippen LogP) is 4.40. The minimum absolute atomic E-state index is 0.0308. The molecule has 1 N–H and O–H groups in total. The molecule has 7 nitrogen and oxygen atoms in total. The summed E-state index contributed by atoms with van der Waals surface area (Å²) in [5, 5.41) is 15.1. The first-order valence-electron chi connectivity index (χ1n) is 9.80. The maximum absolute atomic E-state index is 12.3. The summed E-state index contributed by atoms with van der Waals surface area (Å²) in [4.78, 5) is 16.4. The topological polar surface area (TPSA) is 87.3 Å². The van der Waals surface area contributed by atoms with E-state index in [2.05, 4.69) is 23.1 Å². The zero-order chi connectivity index (χ0) is 22.0. The van der Waals surface area contributed by atoms with Gasteiger partial charge in [0.2, 0.25) is 5.17 Å².